The molecular formula is C13H16N4O2S. The van der Waals surface area contributed by atoms with Crippen LogP contribution in [0.25, 0.3) is 10.8 Å². The van der Waals surface area contributed by atoms with E-state index in [0.717, 1.165) is 36.4 Å². The van der Waals surface area contributed by atoms with Crippen LogP contribution in [0.4, 0.5) is 0 Å². The molecule has 1 aliphatic carbocycles. The molecule has 0 aromatic carbocycles. The third-order valence-electron chi connectivity index (χ3n) is 3.35. The lowest BCUT2D eigenvalue weighted by atomic mass is 9.98. The van der Waals surface area contributed by atoms with E-state index in [1.54, 1.807) is 0 Å². The van der Waals surface area contributed by atoms with E-state index in [4.69, 9.17) is 4.74 Å². The van der Waals surface area contributed by atoms with E-state index in [9.17, 15) is 4.79 Å². The van der Waals surface area contributed by atoms with Crippen molar-refractivity contribution in [1.82, 2.24) is 20.2 Å². The van der Waals surface area contributed by atoms with Crippen LogP contribution in [0.3, 0.4) is 0 Å². The summed E-state index contributed by atoms with van der Waals surface area (Å²) in [5, 5.41) is 9.14. The molecule has 0 radical (unpaired) electrons. The summed E-state index contributed by atoms with van der Waals surface area (Å²) in [6.45, 7) is 0. The van der Waals surface area contributed by atoms with E-state index < -0.39 is 0 Å². The molecular weight excluding hydrogens is 276 g/mol. The van der Waals surface area contributed by atoms with Gasteiger partial charge in [-0.25, -0.2) is 9.97 Å². The molecule has 1 saturated carbocycles. The van der Waals surface area contributed by atoms with Crippen LogP contribution in [0.5, 0.6) is 0 Å². The quantitative estimate of drug-likeness (QED) is 0.875. The van der Waals surface area contributed by atoms with E-state index in [1.807, 2.05) is 5.38 Å². The zero-order valence-corrected chi connectivity index (χ0v) is 11.9. The highest BCUT2D eigenvalue weighted by molar-refractivity contribution is 7.13. The van der Waals surface area contributed by atoms with Gasteiger partial charge in [0.05, 0.1) is 12.1 Å². The molecule has 0 unspecified atom stereocenters. The van der Waals surface area contributed by atoms with E-state index >= 15 is 0 Å². The zero-order chi connectivity index (χ0) is 13.8. The van der Waals surface area contributed by atoms with Crippen molar-refractivity contribution >= 4 is 17.3 Å². The molecule has 1 fully saturated rings. The topological polar surface area (TPSA) is 80.8 Å². The van der Waals surface area contributed by atoms with Crippen molar-refractivity contribution in [3.8, 4) is 10.8 Å². The fraction of sp³-hybridized carbons (Fsp3) is 0.538. The smallest absolute Gasteiger partial charge is 0.312 e. The maximum atomic E-state index is 11.9. The van der Waals surface area contributed by atoms with E-state index in [0.29, 0.717) is 5.82 Å². The van der Waals surface area contributed by atoms with Crippen LogP contribution in [0.2, 0.25) is 0 Å². The van der Waals surface area contributed by atoms with Crippen molar-refractivity contribution in [2.75, 3.05) is 0 Å². The van der Waals surface area contributed by atoms with Crippen LogP contribution in [0, 0.1) is 0 Å². The molecule has 1 N–H and O–H groups in total. The summed E-state index contributed by atoms with van der Waals surface area (Å²) in [5.41, 5.74) is 0.724. The summed E-state index contributed by atoms with van der Waals surface area (Å²) in [4.78, 5) is 20.3. The van der Waals surface area contributed by atoms with Crippen molar-refractivity contribution < 1.29 is 9.53 Å². The molecule has 2 aromatic heterocycles. The van der Waals surface area contributed by atoms with Gasteiger partial charge in [0.25, 0.3) is 0 Å². The molecule has 0 atom stereocenters. The molecule has 0 aliphatic heterocycles. The summed E-state index contributed by atoms with van der Waals surface area (Å²) in [6, 6.07) is 0. The maximum absolute atomic E-state index is 11.9. The molecule has 1 aliphatic rings. The van der Waals surface area contributed by atoms with Gasteiger partial charge < -0.3 is 4.74 Å². The largest absolute Gasteiger partial charge is 0.462 e. The minimum absolute atomic E-state index is 0.101. The van der Waals surface area contributed by atoms with Crippen LogP contribution in [-0.2, 0) is 16.0 Å². The van der Waals surface area contributed by atoms with Gasteiger partial charge in [-0.2, -0.15) is 5.10 Å². The number of hydrogen-bond acceptors (Lipinski definition) is 6. The minimum atomic E-state index is -0.189. The number of hydrogen-bond donors (Lipinski definition) is 1. The monoisotopic (exact) mass is 292 g/mol. The predicted molar refractivity (Wildman–Crippen MR) is 74.2 cm³/mol. The number of carbonyl (C=O) groups excluding carboxylic acids is 1. The Hall–Kier alpha value is -1.76. The van der Waals surface area contributed by atoms with Crippen molar-refractivity contribution in [1.29, 1.82) is 0 Å². The Kier molecular flexibility index (Phi) is 4.05. The second-order valence-corrected chi connectivity index (χ2v) is 5.76. The van der Waals surface area contributed by atoms with Crippen LogP contribution in [0.15, 0.2) is 11.7 Å². The van der Waals surface area contributed by atoms with E-state index in [-0.39, 0.29) is 18.5 Å². The van der Waals surface area contributed by atoms with Gasteiger partial charge in [-0.05, 0) is 25.7 Å². The van der Waals surface area contributed by atoms with Gasteiger partial charge in [-0.3, -0.25) is 9.89 Å². The maximum Gasteiger partial charge on any atom is 0.312 e. The number of aromatic amines is 1. The predicted octanol–water partition coefficient (Wildman–Crippen LogP) is 2.35. The average molecular weight is 292 g/mol. The Balaban J connectivity index is 1.56. The minimum Gasteiger partial charge on any atom is -0.462 e. The molecule has 20 heavy (non-hydrogen) atoms. The summed E-state index contributed by atoms with van der Waals surface area (Å²) in [5.74, 6) is 0.438. The SMILES string of the molecule is O=C(Cc1csc(-c2ncn[nH]2)n1)OC1CCCCC1. The second kappa shape index (κ2) is 6.13. The van der Waals surface area contributed by atoms with E-state index in [1.165, 1.54) is 24.1 Å². The summed E-state index contributed by atoms with van der Waals surface area (Å²) >= 11 is 1.44. The van der Waals surface area contributed by atoms with Crippen molar-refractivity contribution in [3.05, 3.63) is 17.4 Å². The number of ether oxygens (including phenoxy) is 1. The number of rotatable bonds is 4. The van der Waals surface area contributed by atoms with Gasteiger partial charge in [-0.15, -0.1) is 11.3 Å². The molecule has 7 heteroatoms. The first kappa shape index (κ1) is 13.2. The van der Waals surface area contributed by atoms with Gasteiger partial charge in [-0.1, -0.05) is 6.42 Å². The normalized spacial score (nSPS) is 16.2. The van der Waals surface area contributed by atoms with Crippen LogP contribution >= 0.6 is 11.3 Å². The Morgan fingerprint density at radius 1 is 1.40 bits per heavy atom. The van der Waals surface area contributed by atoms with Crippen LogP contribution in [0.1, 0.15) is 37.8 Å². The molecule has 2 heterocycles. The second-order valence-electron chi connectivity index (χ2n) is 4.90. The van der Waals surface area contributed by atoms with Gasteiger partial charge >= 0.3 is 5.97 Å². The summed E-state index contributed by atoms with van der Waals surface area (Å²) < 4.78 is 5.49. The highest BCUT2D eigenvalue weighted by Gasteiger charge is 2.18. The molecule has 0 saturated heterocycles. The number of nitrogens with one attached hydrogen (secondary N) is 1. The molecule has 106 valence electrons. The molecule has 0 bridgehead atoms. The number of nitrogens with zero attached hydrogens (tertiary/aromatic N) is 3. The number of thiazole rings is 1. The van der Waals surface area contributed by atoms with Crippen molar-refractivity contribution in [3.63, 3.8) is 0 Å². The molecule has 3 rings (SSSR count). The van der Waals surface area contributed by atoms with Crippen LogP contribution < -0.4 is 0 Å². The highest BCUT2D eigenvalue weighted by atomic mass is 32.1. The molecule has 0 amide bonds. The standard InChI is InChI=1S/C13H16N4O2S/c18-11(19-10-4-2-1-3-5-10)6-9-7-20-13(16-9)12-14-8-15-17-12/h7-8,10H,1-6H2,(H,14,15,17). The zero-order valence-electron chi connectivity index (χ0n) is 11.0. The van der Waals surface area contributed by atoms with Crippen molar-refractivity contribution in [2.24, 2.45) is 0 Å². The molecule has 2 aromatic rings. The first-order valence-corrected chi connectivity index (χ1v) is 7.69. The Bertz CT molecular complexity index is 561. The number of esters is 1. The Morgan fingerprint density at radius 2 is 2.25 bits per heavy atom. The molecule has 6 nitrogen and oxygen atoms in total. The molecule has 0 spiro atoms. The summed E-state index contributed by atoms with van der Waals surface area (Å²) in [6.07, 6.45) is 7.31. The fourth-order valence-electron chi connectivity index (χ4n) is 2.36. The van der Waals surface area contributed by atoms with Crippen LogP contribution in [-0.4, -0.2) is 32.2 Å². The first-order chi connectivity index (χ1) is 9.81. The first-order valence-electron chi connectivity index (χ1n) is 6.81. The number of aromatic nitrogens is 4. The summed E-state index contributed by atoms with van der Waals surface area (Å²) in [7, 11) is 0. The number of H-pyrrole nitrogens is 1. The van der Waals surface area contributed by atoms with Gasteiger partial charge in [0.15, 0.2) is 10.8 Å². The third-order valence-corrected chi connectivity index (χ3v) is 4.24. The third kappa shape index (κ3) is 3.22. The lowest BCUT2D eigenvalue weighted by Crippen LogP contribution is -2.22. The van der Waals surface area contributed by atoms with Gasteiger partial charge in [0, 0.05) is 5.38 Å². The van der Waals surface area contributed by atoms with Crippen molar-refractivity contribution in [2.45, 2.75) is 44.6 Å². The van der Waals surface area contributed by atoms with Gasteiger partial charge in [0.1, 0.15) is 12.4 Å². The lowest BCUT2D eigenvalue weighted by molar-refractivity contribution is -0.149. The fourth-order valence-corrected chi connectivity index (χ4v) is 3.13. The highest BCUT2D eigenvalue weighted by Crippen LogP contribution is 2.22. The average Bonchev–Trinajstić information content (AvgIpc) is 3.10. The van der Waals surface area contributed by atoms with E-state index in [2.05, 4.69) is 20.2 Å². The number of carbonyl (C=O) groups is 1. The Morgan fingerprint density at radius 3 is 3.00 bits per heavy atom. The van der Waals surface area contributed by atoms with Gasteiger partial charge in [0.2, 0.25) is 0 Å². The lowest BCUT2D eigenvalue weighted by Gasteiger charge is -2.21. The Labute approximate surface area is 120 Å².